The molecule has 0 aliphatic carbocycles. The van der Waals surface area contributed by atoms with E-state index in [1.165, 1.54) is 0 Å². The van der Waals surface area contributed by atoms with Crippen molar-refractivity contribution in [2.75, 3.05) is 42.9 Å². The maximum atomic E-state index is 12.7. The molecule has 1 aliphatic heterocycles. The van der Waals surface area contributed by atoms with Crippen LogP contribution in [0, 0.1) is 13.8 Å². The molecule has 1 saturated heterocycles. The average molecular weight is 411 g/mol. The van der Waals surface area contributed by atoms with Crippen molar-refractivity contribution in [3.8, 4) is 5.69 Å². The molecule has 152 valence electrons. The van der Waals surface area contributed by atoms with E-state index in [1.807, 2.05) is 60.4 Å². The molecule has 4 rings (SSSR count). The minimum atomic E-state index is 0.00603. The fourth-order valence-electron chi connectivity index (χ4n) is 3.72. The number of amides is 1. The number of aromatic nitrogens is 3. The Hall–Kier alpha value is -2.71. The van der Waals surface area contributed by atoms with Crippen LogP contribution in [-0.2, 0) is 4.79 Å². The first-order chi connectivity index (χ1) is 14.1. The predicted octanol–water partition coefficient (Wildman–Crippen LogP) is 3.10. The minimum Gasteiger partial charge on any atom is -0.347 e. The summed E-state index contributed by atoms with van der Waals surface area (Å²) in [6, 6.07) is 9.97. The van der Waals surface area contributed by atoms with Gasteiger partial charge in [-0.1, -0.05) is 18.2 Å². The highest BCUT2D eigenvalue weighted by Crippen LogP contribution is 2.23. The van der Waals surface area contributed by atoms with Crippen LogP contribution in [0.4, 0.5) is 10.8 Å². The molecular formula is C21H26N6OS. The number of hydrogen-bond donors (Lipinski definition) is 1. The first-order valence-electron chi connectivity index (χ1n) is 9.90. The zero-order valence-electron chi connectivity index (χ0n) is 16.8. The predicted molar refractivity (Wildman–Crippen MR) is 117 cm³/mol. The number of carbonyl (C=O) groups excluding carboxylic acids is 1. The van der Waals surface area contributed by atoms with Crippen molar-refractivity contribution < 1.29 is 4.79 Å². The number of hydrogen-bond acceptors (Lipinski definition) is 6. The van der Waals surface area contributed by atoms with Crippen LogP contribution in [0.15, 0.2) is 41.9 Å². The number of nitrogens with zero attached hydrogens (tertiary/aromatic N) is 5. The van der Waals surface area contributed by atoms with Gasteiger partial charge in [-0.2, -0.15) is 5.10 Å². The van der Waals surface area contributed by atoms with Crippen molar-refractivity contribution >= 4 is 28.1 Å². The zero-order valence-corrected chi connectivity index (χ0v) is 17.7. The first-order valence-corrected chi connectivity index (χ1v) is 10.8. The van der Waals surface area contributed by atoms with Gasteiger partial charge in [0.15, 0.2) is 5.13 Å². The molecule has 0 atom stereocenters. The molecular weight excluding hydrogens is 384 g/mol. The van der Waals surface area contributed by atoms with Crippen LogP contribution < -0.4 is 10.2 Å². The Balaban J connectivity index is 1.38. The molecule has 1 fully saturated rings. The van der Waals surface area contributed by atoms with Gasteiger partial charge in [-0.15, -0.1) is 11.3 Å². The number of aryl methyl sites for hydroxylation is 1. The molecule has 0 saturated carbocycles. The van der Waals surface area contributed by atoms with Crippen LogP contribution in [0.5, 0.6) is 0 Å². The molecule has 0 spiro atoms. The summed E-state index contributed by atoms with van der Waals surface area (Å²) in [5.74, 6) is 0.00603. The Morgan fingerprint density at radius 2 is 1.97 bits per heavy atom. The summed E-state index contributed by atoms with van der Waals surface area (Å²) in [7, 11) is 0. The second-order valence-corrected chi connectivity index (χ2v) is 8.15. The maximum Gasteiger partial charge on any atom is 0.238 e. The lowest BCUT2D eigenvalue weighted by Gasteiger charge is -2.21. The number of benzene rings is 1. The van der Waals surface area contributed by atoms with Gasteiger partial charge in [-0.25, -0.2) is 9.67 Å². The Kier molecular flexibility index (Phi) is 5.92. The van der Waals surface area contributed by atoms with E-state index in [0.717, 1.165) is 60.5 Å². The van der Waals surface area contributed by atoms with E-state index < -0.39 is 0 Å². The van der Waals surface area contributed by atoms with Crippen LogP contribution in [0.1, 0.15) is 17.8 Å². The maximum absolute atomic E-state index is 12.7. The van der Waals surface area contributed by atoms with Gasteiger partial charge >= 0.3 is 0 Å². The van der Waals surface area contributed by atoms with Crippen molar-refractivity contribution in [3.05, 3.63) is 53.3 Å². The van der Waals surface area contributed by atoms with E-state index in [4.69, 9.17) is 0 Å². The number of para-hydroxylation sites is 1. The SMILES string of the molecule is Cc1nn(-c2ccccc2)c(C)c1NC(=O)CN1CCCN(c2nccs2)CC1. The summed E-state index contributed by atoms with van der Waals surface area (Å²) in [4.78, 5) is 21.7. The fourth-order valence-corrected chi connectivity index (χ4v) is 4.42. The molecule has 1 amide bonds. The normalized spacial score (nSPS) is 15.3. The van der Waals surface area contributed by atoms with Gasteiger partial charge in [0.05, 0.1) is 29.3 Å². The summed E-state index contributed by atoms with van der Waals surface area (Å²) >= 11 is 1.67. The van der Waals surface area contributed by atoms with Crippen molar-refractivity contribution in [3.63, 3.8) is 0 Å². The number of thiazole rings is 1. The van der Waals surface area contributed by atoms with Gasteiger partial charge in [0.1, 0.15) is 0 Å². The van der Waals surface area contributed by atoms with Crippen molar-refractivity contribution in [1.82, 2.24) is 19.7 Å². The topological polar surface area (TPSA) is 66.3 Å². The highest BCUT2D eigenvalue weighted by atomic mass is 32.1. The Morgan fingerprint density at radius 1 is 1.14 bits per heavy atom. The van der Waals surface area contributed by atoms with Gasteiger partial charge in [-0.05, 0) is 32.4 Å². The van der Waals surface area contributed by atoms with E-state index in [-0.39, 0.29) is 5.91 Å². The lowest BCUT2D eigenvalue weighted by molar-refractivity contribution is -0.117. The third kappa shape index (κ3) is 4.49. The van der Waals surface area contributed by atoms with Crippen LogP contribution in [0.3, 0.4) is 0 Å². The summed E-state index contributed by atoms with van der Waals surface area (Å²) in [5, 5.41) is 10.8. The van der Waals surface area contributed by atoms with E-state index >= 15 is 0 Å². The largest absolute Gasteiger partial charge is 0.347 e. The van der Waals surface area contributed by atoms with E-state index in [2.05, 4.69) is 25.2 Å². The van der Waals surface area contributed by atoms with Crippen molar-refractivity contribution in [1.29, 1.82) is 0 Å². The summed E-state index contributed by atoms with van der Waals surface area (Å²) in [5.41, 5.74) is 3.56. The smallest absolute Gasteiger partial charge is 0.238 e. The Morgan fingerprint density at radius 3 is 2.72 bits per heavy atom. The Labute approximate surface area is 175 Å². The molecule has 0 radical (unpaired) electrons. The molecule has 1 aromatic carbocycles. The fraction of sp³-hybridized carbons (Fsp3) is 0.381. The highest BCUT2D eigenvalue weighted by molar-refractivity contribution is 7.13. The average Bonchev–Trinajstić information content (AvgIpc) is 3.28. The summed E-state index contributed by atoms with van der Waals surface area (Å²) in [6.07, 6.45) is 2.87. The van der Waals surface area contributed by atoms with Gasteiger partial charge in [-0.3, -0.25) is 9.69 Å². The van der Waals surface area contributed by atoms with Gasteiger partial charge in [0.2, 0.25) is 5.91 Å². The Bertz CT molecular complexity index is 953. The van der Waals surface area contributed by atoms with E-state index in [0.29, 0.717) is 6.54 Å². The van der Waals surface area contributed by atoms with E-state index in [1.54, 1.807) is 11.3 Å². The van der Waals surface area contributed by atoms with Gasteiger partial charge in [0.25, 0.3) is 0 Å². The second-order valence-electron chi connectivity index (χ2n) is 7.27. The van der Waals surface area contributed by atoms with Crippen LogP contribution in [0.2, 0.25) is 0 Å². The quantitative estimate of drug-likeness (QED) is 0.700. The van der Waals surface area contributed by atoms with Crippen molar-refractivity contribution in [2.24, 2.45) is 0 Å². The third-order valence-electron chi connectivity index (χ3n) is 5.20. The van der Waals surface area contributed by atoms with Crippen molar-refractivity contribution in [2.45, 2.75) is 20.3 Å². The summed E-state index contributed by atoms with van der Waals surface area (Å²) < 4.78 is 1.88. The standard InChI is InChI=1S/C21H26N6OS/c1-16-20(17(2)27(24-16)18-7-4-3-5-8-18)23-19(28)15-25-10-6-11-26(13-12-25)21-22-9-14-29-21/h3-5,7-9,14H,6,10-13,15H2,1-2H3,(H,23,28). The number of rotatable bonds is 5. The van der Waals surface area contributed by atoms with Crippen LogP contribution in [-0.4, -0.2) is 58.3 Å². The molecule has 8 heteroatoms. The molecule has 0 bridgehead atoms. The lowest BCUT2D eigenvalue weighted by Crippen LogP contribution is -2.36. The number of nitrogens with one attached hydrogen (secondary N) is 1. The molecule has 1 aliphatic rings. The molecule has 29 heavy (non-hydrogen) atoms. The first kappa shape index (κ1) is 19.6. The highest BCUT2D eigenvalue weighted by Gasteiger charge is 2.20. The molecule has 3 aromatic rings. The minimum absolute atomic E-state index is 0.00603. The summed E-state index contributed by atoms with van der Waals surface area (Å²) in [6.45, 7) is 7.95. The van der Waals surface area contributed by atoms with Crippen LogP contribution >= 0.6 is 11.3 Å². The molecule has 3 heterocycles. The number of anilines is 2. The molecule has 7 nitrogen and oxygen atoms in total. The monoisotopic (exact) mass is 410 g/mol. The zero-order chi connectivity index (χ0) is 20.2. The third-order valence-corrected chi connectivity index (χ3v) is 6.03. The van der Waals surface area contributed by atoms with Gasteiger partial charge < -0.3 is 10.2 Å². The van der Waals surface area contributed by atoms with Gasteiger partial charge in [0, 0.05) is 37.8 Å². The number of carbonyl (C=O) groups is 1. The lowest BCUT2D eigenvalue weighted by atomic mass is 10.3. The molecule has 0 unspecified atom stereocenters. The van der Waals surface area contributed by atoms with Crippen LogP contribution in [0.25, 0.3) is 5.69 Å². The van der Waals surface area contributed by atoms with E-state index in [9.17, 15) is 4.79 Å². The second kappa shape index (κ2) is 8.75. The molecule has 1 N–H and O–H groups in total. The molecule has 2 aromatic heterocycles.